The van der Waals surface area contributed by atoms with E-state index in [4.69, 9.17) is 9.47 Å². The van der Waals surface area contributed by atoms with Gasteiger partial charge in [0.05, 0.1) is 20.1 Å². The summed E-state index contributed by atoms with van der Waals surface area (Å²) >= 11 is 0. The van der Waals surface area contributed by atoms with E-state index in [1.165, 1.54) is 11.1 Å². The van der Waals surface area contributed by atoms with Crippen LogP contribution in [0, 0.1) is 5.92 Å². The van der Waals surface area contributed by atoms with Crippen LogP contribution in [-0.2, 0) is 16.8 Å². The molecule has 5 nitrogen and oxygen atoms in total. The Labute approximate surface area is 130 Å². The average Bonchev–Trinajstić information content (AvgIpc) is 2.54. The minimum absolute atomic E-state index is 0.112. The molecule has 0 amide bonds. The topological polar surface area (TPSA) is 67.8 Å². The summed E-state index contributed by atoms with van der Waals surface area (Å²) in [5.41, 5.74) is 2.42. The molecular formula is C17H23NO4. The molecule has 3 rings (SSSR count). The number of carboxylic acid groups (broad SMARTS) is 1. The Morgan fingerprint density at radius 3 is 2.45 bits per heavy atom. The number of rotatable bonds is 3. The van der Waals surface area contributed by atoms with Gasteiger partial charge in [0.15, 0.2) is 11.5 Å². The van der Waals surface area contributed by atoms with Gasteiger partial charge in [0.25, 0.3) is 0 Å². The smallest absolute Gasteiger partial charge is 0.306 e. The molecule has 0 radical (unpaired) electrons. The molecule has 1 aliphatic carbocycles. The molecule has 0 atom stereocenters. The van der Waals surface area contributed by atoms with Gasteiger partial charge in [0.2, 0.25) is 0 Å². The molecule has 1 spiro atoms. The summed E-state index contributed by atoms with van der Waals surface area (Å²) in [6, 6.07) is 4.14. The Kier molecular flexibility index (Phi) is 4.00. The number of benzene rings is 1. The van der Waals surface area contributed by atoms with Crippen LogP contribution < -0.4 is 14.8 Å². The predicted molar refractivity (Wildman–Crippen MR) is 82.5 cm³/mol. The van der Waals surface area contributed by atoms with E-state index in [1.54, 1.807) is 14.2 Å². The lowest BCUT2D eigenvalue weighted by molar-refractivity contribution is -0.143. The SMILES string of the molecule is COc1cc2c(cc1OC)[C@]1(CC[C@@H](C(=O)O)CC1)NCC2. The molecule has 1 heterocycles. The summed E-state index contributed by atoms with van der Waals surface area (Å²) in [6.45, 7) is 0.917. The average molecular weight is 305 g/mol. The van der Waals surface area contributed by atoms with E-state index < -0.39 is 5.97 Å². The second-order valence-corrected chi connectivity index (χ2v) is 6.24. The number of nitrogens with one attached hydrogen (secondary N) is 1. The zero-order valence-corrected chi connectivity index (χ0v) is 13.1. The standard InChI is InChI=1S/C17H23NO4/c1-21-14-9-12-5-8-18-17(13(12)10-15(14)22-2)6-3-11(4-7-17)16(19)20/h9-11,18H,3-8H2,1-2H3,(H,19,20)/t11-,17-. The number of carbonyl (C=O) groups is 1. The Bertz CT molecular complexity index is 576. The van der Waals surface area contributed by atoms with Gasteiger partial charge in [-0.1, -0.05) is 0 Å². The third-order valence-corrected chi connectivity index (χ3v) is 5.17. The van der Waals surface area contributed by atoms with Gasteiger partial charge in [-0.25, -0.2) is 0 Å². The van der Waals surface area contributed by atoms with Gasteiger partial charge in [-0.2, -0.15) is 0 Å². The third kappa shape index (κ3) is 2.43. The normalized spacial score (nSPS) is 27.3. The van der Waals surface area contributed by atoms with Crippen molar-refractivity contribution in [1.82, 2.24) is 5.32 Å². The van der Waals surface area contributed by atoms with Crippen LogP contribution in [0.5, 0.6) is 11.5 Å². The molecule has 0 bridgehead atoms. The van der Waals surface area contributed by atoms with Crippen LogP contribution in [0.1, 0.15) is 36.8 Å². The van der Waals surface area contributed by atoms with Gasteiger partial charge < -0.3 is 19.9 Å². The summed E-state index contributed by atoms with van der Waals surface area (Å²) in [6.07, 6.45) is 4.10. The highest BCUT2D eigenvalue weighted by Crippen LogP contribution is 2.45. The van der Waals surface area contributed by atoms with Gasteiger partial charge in [0.1, 0.15) is 0 Å². The summed E-state index contributed by atoms with van der Waals surface area (Å²) in [5, 5.41) is 12.9. The predicted octanol–water partition coefficient (Wildman–Crippen LogP) is 2.32. The summed E-state index contributed by atoms with van der Waals surface area (Å²) in [7, 11) is 3.30. The highest BCUT2D eigenvalue weighted by Gasteiger charge is 2.41. The fourth-order valence-corrected chi connectivity index (χ4v) is 3.91. The molecule has 120 valence electrons. The first-order valence-electron chi connectivity index (χ1n) is 7.83. The first kappa shape index (κ1) is 15.2. The van der Waals surface area contributed by atoms with Crippen LogP contribution in [0.15, 0.2) is 12.1 Å². The molecule has 2 aliphatic rings. The zero-order valence-electron chi connectivity index (χ0n) is 13.1. The summed E-state index contributed by atoms with van der Waals surface area (Å²) in [5.74, 6) is 0.623. The van der Waals surface area contributed by atoms with Crippen LogP contribution in [0.2, 0.25) is 0 Å². The van der Waals surface area contributed by atoms with E-state index >= 15 is 0 Å². The first-order chi connectivity index (χ1) is 10.6. The third-order valence-electron chi connectivity index (χ3n) is 5.17. The van der Waals surface area contributed by atoms with Crippen molar-refractivity contribution >= 4 is 5.97 Å². The second-order valence-electron chi connectivity index (χ2n) is 6.24. The molecule has 22 heavy (non-hydrogen) atoms. The van der Waals surface area contributed by atoms with Crippen molar-refractivity contribution in [2.45, 2.75) is 37.6 Å². The van der Waals surface area contributed by atoms with Crippen LogP contribution in [0.3, 0.4) is 0 Å². The highest BCUT2D eigenvalue weighted by molar-refractivity contribution is 5.70. The van der Waals surface area contributed by atoms with Gasteiger partial charge >= 0.3 is 5.97 Å². The highest BCUT2D eigenvalue weighted by atomic mass is 16.5. The van der Waals surface area contributed by atoms with E-state index in [0.29, 0.717) is 0 Å². The Morgan fingerprint density at radius 2 is 1.86 bits per heavy atom. The van der Waals surface area contributed by atoms with Gasteiger partial charge in [-0.3, -0.25) is 4.79 Å². The molecule has 1 aromatic rings. The van der Waals surface area contributed by atoms with Crippen molar-refractivity contribution in [3.05, 3.63) is 23.3 Å². The minimum Gasteiger partial charge on any atom is -0.493 e. The van der Waals surface area contributed by atoms with Crippen molar-refractivity contribution < 1.29 is 19.4 Å². The minimum atomic E-state index is -0.668. The van der Waals surface area contributed by atoms with Crippen molar-refractivity contribution in [3.63, 3.8) is 0 Å². The van der Waals surface area contributed by atoms with Crippen LogP contribution in [0.25, 0.3) is 0 Å². The van der Waals surface area contributed by atoms with E-state index in [2.05, 4.69) is 17.4 Å². The number of methoxy groups -OCH3 is 2. The molecular weight excluding hydrogens is 282 g/mol. The lowest BCUT2D eigenvalue weighted by atomic mass is 9.69. The van der Waals surface area contributed by atoms with Crippen molar-refractivity contribution in [2.75, 3.05) is 20.8 Å². The van der Waals surface area contributed by atoms with Gasteiger partial charge in [0, 0.05) is 12.1 Å². The molecule has 1 fully saturated rings. The lowest BCUT2D eigenvalue weighted by Crippen LogP contribution is -2.50. The second kappa shape index (κ2) is 5.80. The monoisotopic (exact) mass is 305 g/mol. The number of aliphatic carboxylic acids is 1. The van der Waals surface area contributed by atoms with Crippen molar-refractivity contribution in [3.8, 4) is 11.5 Å². The Hall–Kier alpha value is -1.75. The molecule has 0 unspecified atom stereocenters. The molecule has 5 heteroatoms. The van der Waals surface area contributed by atoms with Gasteiger partial charge in [-0.05, 0) is 55.4 Å². The molecule has 0 aromatic heterocycles. The number of fused-ring (bicyclic) bond motifs is 2. The lowest BCUT2D eigenvalue weighted by Gasteiger charge is -2.44. The van der Waals surface area contributed by atoms with Crippen LogP contribution in [-0.4, -0.2) is 31.8 Å². The van der Waals surface area contributed by atoms with E-state index in [0.717, 1.165) is 50.1 Å². The molecule has 1 aromatic carbocycles. The Morgan fingerprint density at radius 1 is 1.23 bits per heavy atom. The fourth-order valence-electron chi connectivity index (χ4n) is 3.91. The quantitative estimate of drug-likeness (QED) is 0.897. The first-order valence-corrected chi connectivity index (χ1v) is 7.83. The number of ether oxygens (including phenoxy) is 2. The summed E-state index contributed by atoms with van der Waals surface area (Å²) in [4.78, 5) is 11.2. The maximum atomic E-state index is 11.2. The number of hydrogen-bond acceptors (Lipinski definition) is 4. The maximum absolute atomic E-state index is 11.2. The van der Waals surface area contributed by atoms with Crippen molar-refractivity contribution in [2.24, 2.45) is 5.92 Å². The summed E-state index contributed by atoms with van der Waals surface area (Å²) < 4.78 is 10.9. The molecule has 0 saturated heterocycles. The van der Waals surface area contributed by atoms with Crippen LogP contribution >= 0.6 is 0 Å². The van der Waals surface area contributed by atoms with E-state index in [9.17, 15) is 9.90 Å². The van der Waals surface area contributed by atoms with E-state index in [-0.39, 0.29) is 11.5 Å². The largest absolute Gasteiger partial charge is 0.493 e. The zero-order chi connectivity index (χ0) is 15.7. The van der Waals surface area contributed by atoms with Crippen LogP contribution in [0.4, 0.5) is 0 Å². The van der Waals surface area contributed by atoms with E-state index in [1.807, 2.05) is 0 Å². The fraction of sp³-hybridized carbons (Fsp3) is 0.588. The Balaban J connectivity index is 1.96. The number of hydrogen-bond donors (Lipinski definition) is 2. The van der Waals surface area contributed by atoms with Crippen molar-refractivity contribution in [1.29, 1.82) is 0 Å². The van der Waals surface area contributed by atoms with Gasteiger partial charge in [-0.15, -0.1) is 0 Å². The molecule has 1 saturated carbocycles. The molecule has 1 aliphatic heterocycles. The maximum Gasteiger partial charge on any atom is 0.306 e. The molecule has 2 N–H and O–H groups in total. The number of carboxylic acids is 1.